The number of amides is 3. The molecule has 0 radical (unpaired) electrons. The number of aromatic nitrogens is 1. The van der Waals surface area contributed by atoms with Crippen molar-refractivity contribution in [3.05, 3.63) is 153 Å². The zero-order valence-corrected chi connectivity index (χ0v) is 28.1. The van der Waals surface area contributed by atoms with Crippen LogP contribution in [0.3, 0.4) is 0 Å². The minimum Gasteiger partial charge on any atom is -0.268 e. The minimum absolute atomic E-state index is 0.135. The van der Waals surface area contributed by atoms with E-state index >= 15 is 0 Å². The summed E-state index contributed by atoms with van der Waals surface area (Å²) in [6, 6.07) is 35.1. The van der Waals surface area contributed by atoms with E-state index in [1.54, 1.807) is 60.7 Å². The van der Waals surface area contributed by atoms with E-state index in [4.69, 9.17) is 4.99 Å². The topological polar surface area (TPSA) is 126 Å². The van der Waals surface area contributed by atoms with E-state index in [9.17, 15) is 24.5 Å². The van der Waals surface area contributed by atoms with Gasteiger partial charge in [0.05, 0.1) is 53.1 Å². The first kappa shape index (κ1) is 31.4. The lowest BCUT2D eigenvalue weighted by Gasteiger charge is -2.15. The number of rotatable bonds is 7. The number of hydrogen-bond acceptors (Lipinski definition) is 10. The predicted octanol–water partition coefficient (Wildman–Crippen LogP) is 8.96. The third-order valence-corrected chi connectivity index (χ3v) is 11.0. The van der Waals surface area contributed by atoms with Gasteiger partial charge in [-0.15, -0.1) is 11.3 Å². The van der Waals surface area contributed by atoms with E-state index in [2.05, 4.69) is 4.98 Å². The van der Waals surface area contributed by atoms with Gasteiger partial charge in [-0.25, -0.2) is 14.9 Å². The zero-order chi connectivity index (χ0) is 34.4. The van der Waals surface area contributed by atoms with Gasteiger partial charge in [-0.2, -0.15) is 0 Å². The average molecular weight is 712 g/mol. The van der Waals surface area contributed by atoms with Crippen molar-refractivity contribution in [1.82, 2.24) is 4.98 Å². The maximum absolute atomic E-state index is 13.7. The number of aliphatic imine (C=N–C) groups is 1. The molecule has 0 aliphatic carbocycles. The number of thioether (sulfide) groups is 1. The van der Waals surface area contributed by atoms with E-state index in [-0.39, 0.29) is 23.4 Å². The lowest BCUT2D eigenvalue weighted by Crippen LogP contribution is -2.29. The highest BCUT2D eigenvalue weighted by atomic mass is 32.2. The maximum atomic E-state index is 13.7. The van der Waals surface area contributed by atoms with Crippen molar-refractivity contribution in [1.29, 1.82) is 0 Å². The average Bonchev–Trinajstić information content (AvgIpc) is 3.76. The Labute approximate surface area is 296 Å². The summed E-state index contributed by atoms with van der Waals surface area (Å²) in [7, 11) is 0. The van der Waals surface area contributed by atoms with Gasteiger partial charge in [-0.3, -0.25) is 29.4 Å². The Morgan fingerprint density at radius 3 is 2.12 bits per heavy atom. The molecule has 0 N–H and O–H groups in total. The summed E-state index contributed by atoms with van der Waals surface area (Å²) in [4.78, 5) is 64.3. The van der Waals surface area contributed by atoms with Gasteiger partial charge in [-0.1, -0.05) is 66.4 Å². The number of nitrogens with zero attached hydrogens (tertiary/aromatic N) is 5. The van der Waals surface area contributed by atoms with Crippen LogP contribution in [0.5, 0.6) is 0 Å². The number of amidine groups is 1. The summed E-state index contributed by atoms with van der Waals surface area (Å²) in [6.07, 6.45) is 1.64. The van der Waals surface area contributed by atoms with Crippen molar-refractivity contribution in [3.8, 4) is 0 Å². The molecular formula is C37H21N5O5S3. The van der Waals surface area contributed by atoms with Crippen LogP contribution in [-0.4, -0.2) is 32.8 Å². The molecule has 13 heteroatoms. The van der Waals surface area contributed by atoms with Gasteiger partial charge in [-0.05, 0) is 84.1 Å². The molecule has 8 rings (SSSR count). The van der Waals surface area contributed by atoms with Crippen LogP contribution in [0.1, 0.15) is 26.3 Å². The molecule has 2 aliphatic heterocycles. The highest BCUT2D eigenvalue weighted by Crippen LogP contribution is 2.42. The van der Waals surface area contributed by atoms with Crippen LogP contribution in [-0.2, 0) is 4.79 Å². The van der Waals surface area contributed by atoms with Crippen LogP contribution in [0.4, 0.5) is 22.7 Å². The van der Waals surface area contributed by atoms with E-state index in [0.717, 1.165) is 21.4 Å². The number of carbonyl (C=O) groups is 3. The highest BCUT2D eigenvalue weighted by Gasteiger charge is 2.37. The third kappa shape index (κ3) is 5.76. The number of carbonyl (C=O) groups excluding carboxylic acids is 3. The molecule has 0 spiro atoms. The minimum atomic E-state index is -0.458. The molecule has 1 fully saturated rings. The Morgan fingerprint density at radius 1 is 0.740 bits per heavy atom. The Morgan fingerprint density at radius 2 is 1.42 bits per heavy atom. The van der Waals surface area contributed by atoms with Crippen LogP contribution in [0.15, 0.2) is 140 Å². The van der Waals surface area contributed by atoms with Crippen LogP contribution >= 0.6 is 34.9 Å². The summed E-state index contributed by atoms with van der Waals surface area (Å²) in [5.74, 6) is -1.06. The number of thiazole rings is 1. The summed E-state index contributed by atoms with van der Waals surface area (Å²) >= 11 is 3.65. The van der Waals surface area contributed by atoms with Gasteiger partial charge in [0, 0.05) is 6.07 Å². The second kappa shape index (κ2) is 12.9. The van der Waals surface area contributed by atoms with Gasteiger partial charge in [0.15, 0.2) is 9.51 Å². The fraction of sp³-hybridized carbons (Fsp3) is 0. The molecule has 3 amide bonds. The first-order valence-corrected chi connectivity index (χ1v) is 17.6. The second-order valence-electron chi connectivity index (χ2n) is 11.0. The molecule has 242 valence electrons. The molecule has 2 aliphatic rings. The highest BCUT2D eigenvalue weighted by molar-refractivity contribution is 8.19. The Hall–Kier alpha value is -5.89. The number of benzene rings is 5. The van der Waals surface area contributed by atoms with Crippen molar-refractivity contribution in [2.75, 3.05) is 9.80 Å². The number of hydrogen-bond donors (Lipinski definition) is 0. The quantitative estimate of drug-likeness (QED) is 0.0695. The zero-order valence-electron chi connectivity index (χ0n) is 25.6. The number of nitro benzene ring substituents is 1. The summed E-state index contributed by atoms with van der Waals surface area (Å²) < 4.78 is 1.27. The molecule has 50 heavy (non-hydrogen) atoms. The maximum Gasteiger partial charge on any atom is 0.283 e. The van der Waals surface area contributed by atoms with E-state index < -0.39 is 4.92 Å². The molecule has 10 nitrogen and oxygen atoms in total. The fourth-order valence-corrected chi connectivity index (χ4v) is 8.71. The van der Waals surface area contributed by atoms with Gasteiger partial charge in [0.2, 0.25) is 0 Å². The van der Waals surface area contributed by atoms with E-state index in [1.807, 2.05) is 60.7 Å². The van der Waals surface area contributed by atoms with Crippen molar-refractivity contribution in [2.24, 2.45) is 4.99 Å². The van der Waals surface area contributed by atoms with Crippen LogP contribution in [0.25, 0.3) is 16.3 Å². The molecule has 1 saturated heterocycles. The molecule has 0 atom stereocenters. The lowest BCUT2D eigenvalue weighted by molar-refractivity contribution is -0.387. The van der Waals surface area contributed by atoms with Crippen molar-refractivity contribution >= 4 is 96.8 Å². The van der Waals surface area contributed by atoms with Crippen molar-refractivity contribution < 1.29 is 19.3 Å². The lowest BCUT2D eigenvalue weighted by atomic mass is 10.1. The van der Waals surface area contributed by atoms with Crippen molar-refractivity contribution in [3.63, 3.8) is 0 Å². The first-order chi connectivity index (χ1) is 24.3. The third-order valence-electron chi connectivity index (χ3n) is 7.88. The molecule has 0 saturated carbocycles. The van der Waals surface area contributed by atoms with Crippen LogP contribution in [0.2, 0.25) is 0 Å². The SMILES string of the molecule is O=C1/C(=C/c2ccc(Sc3nc4ccc(N5C(=O)c6ccccc6C5=O)cc4s3)c([N+](=O)[O-])c2)SC(=Nc2ccccc2)N1c1ccccc1. The summed E-state index contributed by atoms with van der Waals surface area (Å²) in [6.45, 7) is 0. The number of nitro groups is 1. The summed E-state index contributed by atoms with van der Waals surface area (Å²) in [5, 5.41) is 12.7. The largest absolute Gasteiger partial charge is 0.283 e. The molecule has 1 aromatic heterocycles. The Kier molecular flexibility index (Phi) is 8.07. The fourth-order valence-electron chi connectivity index (χ4n) is 5.56. The molecule has 0 unspecified atom stereocenters. The first-order valence-electron chi connectivity index (χ1n) is 15.1. The second-order valence-corrected chi connectivity index (χ2v) is 14.4. The molecule has 0 bridgehead atoms. The normalized spacial score (nSPS) is 15.9. The van der Waals surface area contributed by atoms with E-state index in [0.29, 0.717) is 58.6 Å². The van der Waals surface area contributed by atoms with Gasteiger partial charge >= 0.3 is 0 Å². The van der Waals surface area contributed by atoms with Gasteiger partial charge in [0.25, 0.3) is 23.4 Å². The molecular weight excluding hydrogens is 691 g/mol. The molecule has 3 heterocycles. The monoisotopic (exact) mass is 711 g/mol. The van der Waals surface area contributed by atoms with Gasteiger partial charge < -0.3 is 0 Å². The number of fused-ring (bicyclic) bond motifs is 2. The van der Waals surface area contributed by atoms with Gasteiger partial charge in [0.1, 0.15) is 0 Å². The summed E-state index contributed by atoms with van der Waals surface area (Å²) in [5.41, 5.74) is 3.47. The Bertz CT molecular complexity index is 2410. The number of anilines is 2. The standard InChI is InChI=1S/C37H21N5O5S3/c43-33-26-13-7-8-14-27(26)34(44)40(33)25-16-17-28-31(21-25)50-37(39-28)49-30-18-15-22(19-29(30)42(46)47)20-32-35(45)41(24-11-5-2-6-12-24)36(48-32)38-23-9-3-1-4-10-23/h1-21H/b32-20-,38-36?. The number of para-hydroxylation sites is 2. The predicted molar refractivity (Wildman–Crippen MR) is 197 cm³/mol. The molecule has 6 aromatic rings. The van der Waals surface area contributed by atoms with E-state index in [1.165, 1.54) is 34.1 Å². The number of imide groups is 1. The smallest absolute Gasteiger partial charge is 0.268 e. The molecule has 5 aromatic carbocycles. The van der Waals surface area contributed by atoms with Crippen LogP contribution in [0, 0.1) is 10.1 Å². The Balaban J connectivity index is 1.07. The van der Waals surface area contributed by atoms with Crippen LogP contribution < -0.4 is 9.80 Å². The van der Waals surface area contributed by atoms with Crippen molar-refractivity contribution in [2.45, 2.75) is 9.24 Å².